The van der Waals surface area contributed by atoms with Crippen LogP contribution in [0.2, 0.25) is 5.22 Å². The number of aryl methyl sites for hydroxylation is 1. The van der Waals surface area contributed by atoms with E-state index < -0.39 is 0 Å². The molecule has 6 heteroatoms. The Hall–Kier alpha value is -1.30. The van der Waals surface area contributed by atoms with E-state index in [-0.39, 0.29) is 6.04 Å². The lowest BCUT2D eigenvalue weighted by molar-refractivity contribution is 0.417. The van der Waals surface area contributed by atoms with Gasteiger partial charge in [-0.15, -0.1) is 0 Å². The third kappa shape index (κ3) is 2.88. The van der Waals surface area contributed by atoms with E-state index in [0.717, 1.165) is 17.9 Å². The maximum absolute atomic E-state index is 5.74. The monoisotopic (exact) mass is 254 g/mol. The van der Waals surface area contributed by atoms with Gasteiger partial charge < -0.3 is 4.42 Å². The molecule has 0 aliphatic heterocycles. The van der Waals surface area contributed by atoms with Crippen LogP contribution in [0.5, 0.6) is 0 Å². The normalized spacial score (nSPS) is 12.9. The molecule has 0 aliphatic rings. The van der Waals surface area contributed by atoms with Crippen LogP contribution in [0.3, 0.4) is 0 Å². The lowest BCUT2D eigenvalue weighted by Crippen LogP contribution is -2.29. The van der Waals surface area contributed by atoms with Crippen molar-refractivity contribution < 1.29 is 4.42 Å². The summed E-state index contributed by atoms with van der Waals surface area (Å²) < 4.78 is 7.21. The topological polar surface area (TPSA) is 69.0 Å². The molecule has 5 nitrogen and oxygen atoms in total. The molecule has 0 aromatic carbocycles. The number of hydrogen-bond donors (Lipinski definition) is 2. The van der Waals surface area contributed by atoms with Gasteiger partial charge in [-0.3, -0.25) is 10.5 Å². The number of nitrogens with zero attached hydrogens (tertiary/aromatic N) is 2. The third-order valence-corrected chi connectivity index (χ3v) is 2.79. The van der Waals surface area contributed by atoms with Crippen molar-refractivity contribution in [3.8, 4) is 0 Å². The molecule has 1 unspecified atom stereocenters. The molecule has 17 heavy (non-hydrogen) atoms. The van der Waals surface area contributed by atoms with Crippen LogP contribution in [0.25, 0.3) is 0 Å². The fraction of sp³-hybridized carbons (Fsp3) is 0.364. The lowest BCUT2D eigenvalue weighted by Gasteiger charge is -2.11. The molecular formula is C11H15ClN4O. The van der Waals surface area contributed by atoms with Crippen LogP contribution in [-0.2, 0) is 13.0 Å². The van der Waals surface area contributed by atoms with Gasteiger partial charge in [-0.25, -0.2) is 5.43 Å². The minimum Gasteiger partial charge on any atom is -0.448 e. The predicted molar refractivity (Wildman–Crippen MR) is 65.4 cm³/mol. The summed E-state index contributed by atoms with van der Waals surface area (Å²) in [5.74, 6) is 6.24. The molecule has 3 N–H and O–H groups in total. The van der Waals surface area contributed by atoms with Crippen LogP contribution in [0.1, 0.15) is 24.3 Å². The fourth-order valence-electron chi connectivity index (χ4n) is 1.68. The van der Waals surface area contributed by atoms with Gasteiger partial charge in [0.25, 0.3) is 0 Å². The van der Waals surface area contributed by atoms with Crippen LogP contribution in [0.4, 0.5) is 0 Å². The first-order valence-electron chi connectivity index (χ1n) is 5.45. The molecule has 2 aromatic rings. The minimum absolute atomic E-state index is 0.1000. The van der Waals surface area contributed by atoms with E-state index in [9.17, 15) is 0 Å². The number of hydrazine groups is 1. The van der Waals surface area contributed by atoms with Gasteiger partial charge in [0.1, 0.15) is 5.76 Å². The number of rotatable bonds is 5. The molecule has 0 amide bonds. The van der Waals surface area contributed by atoms with Gasteiger partial charge in [0.15, 0.2) is 5.22 Å². The Morgan fingerprint density at radius 1 is 1.59 bits per heavy atom. The number of nitrogens with two attached hydrogens (primary N) is 1. The highest BCUT2D eigenvalue weighted by Crippen LogP contribution is 2.22. The van der Waals surface area contributed by atoms with Crippen molar-refractivity contribution in [2.24, 2.45) is 5.84 Å². The number of hydrogen-bond acceptors (Lipinski definition) is 4. The van der Waals surface area contributed by atoms with Gasteiger partial charge in [-0.1, -0.05) is 0 Å². The highest BCUT2D eigenvalue weighted by molar-refractivity contribution is 6.28. The Balaban J connectivity index is 2.09. The van der Waals surface area contributed by atoms with Gasteiger partial charge in [-0.05, 0) is 42.6 Å². The molecular weight excluding hydrogens is 240 g/mol. The van der Waals surface area contributed by atoms with Crippen molar-refractivity contribution in [1.29, 1.82) is 0 Å². The quantitative estimate of drug-likeness (QED) is 0.632. The van der Waals surface area contributed by atoms with Crippen molar-refractivity contribution in [1.82, 2.24) is 15.2 Å². The van der Waals surface area contributed by atoms with E-state index >= 15 is 0 Å². The van der Waals surface area contributed by atoms with Crippen molar-refractivity contribution in [2.45, 2.75) is 25.9 Å². The molecule has 0 bridgehead atoms. The fourth-order valence-corrected chi connectivity index (χ4v) is 1.83. The SMILES string of the molecule is CCn1cc(CC(NN)c2ccc(Cl)o2)cn1. The molecule has 92 valence electrons. The van der Waals surface area contributed by atoms with E-state index in [2.05, 4.69) is 10.5 Å². The summed E-state index contributed by atoms with van der Waals surface area (Å²) in [4.78, 5) is 0. The molecule has 0 fully saturated rings. The molecule has 0 spiro atoms. The highest BCUT2D eigenvalue weighted by Gasteiger charge is 2.15. The minimum atomic E-state index is -0.1000. The Morgan fingerprint density at radius 2 is 2.41 bits per heavy atom. The zero-order valence-corrected chi connectivity index (χ0v) is 10.3. The maximum Gasteiger partial charge on any atom is 0.193 e. The molecule has 2 heterocycles. The summed E-state index contributed by atoms with van der Waals surface area (Å²) in [5, 5.41) is 4.58. The van der Waals surface area contributed by atoms with Crippen LogP contribution < -0.4 is 11.3 Å². The third-order valence-electron chi connectivity index (χ3n) is 2.59. The number of halogens is 1. The summed E-state index contributed by atoms with van der Waals surface area (Å²) >= 11 is 5.74. The van der Waals surface area contributed by atoms with Gasteiger partial charge in [0.2, 0.25) is 0 Å². The van der Waals surface area contributed by atoms with Crippen molar-refractivity contribution in [2.75, 3.05) is 0 Å². The van der Waals surface area contributed by atoms with Gasteiger partial charge in [0, 0.05) is 12.7 Å². The predicted octanol–water partition coefficient (Wildman–Crippen LogP) is 1.90. The number of furan rings is 1. The zero-order valence-electron chi connectivity index (χ0n) is 9.56. The maximum atomic E-state index is 5.74. The molecule has 0 radical (unpaired) electrons. The van der Waals surface area contributed by atoms with Gasteiger partial charge in [-0.2, -0.15) is 5.10 Å². The summed E-state index contributed by atoms with van der Waals surface area (Å²) in [5.41, 5.74) is 3.82. The van der Waals surface area contributed by atoms with Crippen LogP contribution in [-0.4, -0.2) is 9.78 Å². The molecule has 1 atom stereocenters. The lowest BCUT2D eigenvalue weighted by atomic mass is 10.1. The zero-order chi connectivity index (χ0) is 12.3. The first-order chi connectivity index (χ1) is 8.22. The van der Waals surface area contributed by atoms with E-state index in [1.165, 1.54) is 0 Å². The number of aromatic nitrogens is 2. The average Bonchev–Trinajstić information content (AvgIpc) is 2.94. The number of nitrogens with one attached hydrogen (secondary N) is 1. The second-order valence-corrected chi connectivity index (χ2v) is 4.14. The molecule has 2 aromatic heterocycles. The Morgan fingerprint density at radius 3 is 2.94 bits per heavy atom. The van der Waals surface area contributed by atoms with E-state index in [1.54, 1.807) is 6.07 Å². The second-order valence-electron chi connectivity index (χ2n) is 3.77. The smallest absolute Gasteiger partial charge is 0.193 e. The molecule has 0 saturated heterocycles. The molecule has 2 rings (SSSR count). The molecule has 0 aliphatic carbocycles. The first-order valence-corrected chi connectivity index (χ1v) is 5.83. The van der Waals surface area contributed by atoms with E-state index in [0.29, 0.717) is 11.6 Å². The second kappa shape index (κ2) is 5.35. The van der Waals surface area contributed by atoms with E-state index in [4.69, 9.17) is 21.9 Å². The largest absolute Gasteiger partial charge is 0.448 e. The Bertz CT molecular complexity index is 479. The molecule has 0 saturated carbocycles. The Labute approximate surface area is 105 Å². The van der Waals surface area contributed by atoms with Crippen molar-refractivity contribution in [3.05, 3.63) is 41.1 Å². The summed E-state index contributed by atoms with van der Waals surface area (Å²) in [7, 11) is 0. The summed E-state index contributed by atoms with van der Waals surface area (Å²) in [6.07, 6.45) is 4.54. The standard InChI is InChI=1S/C11H15ClN4O/c1-2-16-7-8(6-14-16)5-9(15-13)10-3-4-11(12)17-10/h3-4,6-7,9,15H,2,5,13H2,1H3. The van der Waals surface area contributed by atoms with Crippen LogP contribution >= 0.6 is 11.6 Å². The van der Waals surface area contributed by atoms with Crippen molar-refractivity contribution in [3.63, 3.8) is 0 Å². The highest BCUT2D eigenvalue weighted by atomic mass is 35.5. The summed E-state index contributed by atoms with van der Waals surface area (Å²) in [6, 6.07) is 3.42. The Kier molecular flexibility index (Phi) is 3.83. The van der Waals surface area contributed by atoms with Crippen LogP contribution in [0, 0.1) is 0 Å². The van der Waals surface area contributed by atoms with Crippen molar-refractivity contribution >= 4 is 11.6 Å². The first kappa shape index (κ1) is 12.2. The average molecular weight is 255 g/mol. The van der Waals surface area contributed by atoms with E-state index in [1.807, 2.05) is 30.1 Å². The van der Waals surface area contributed by atoms with Gasteiger partial charge >= 0.3 is 0 Å². The van der Waals surface area contributed by atoms with Gasteiger partial charge in [0.05, 0.1) is 12.2 Å². The summed E-state index contributed by atoms with van der Waals surface area (Å²) in [6.45, 7) is 2.90. The van der Waals surface area contributed by atoms with Crippen LogP contribution in [0.15, 0.2) is 28.9 Å².